The minimum atomic E-state index is -6.13. The van der Waals surface area contributed by atoms with Gasteiger partial charge in [0.1, 0.15) is 6.15 Å². The van der Waals surface area contributed by atoms with Crippen LogP contribution in [0.25, 0.3) is 0 Å². The van der Waals surface area contributed by atoms with E-state index in [-0.39, 0.29) is 0 Å². The monoisotopic (exact) mass is 984 g/mol. The Kier molecular flexibility index (Phi) is 14.1. The molecular weight excluding hydrogens is 963 g/mol. The molecule has 0 saturated heterocycles. The van der Waals surface area contributed by atoms with Gasteiger partial charge < -0.3 is 0 Å². The molecule has 0 aliphatic carbocycles. The molecule has 5 aromatic rings. The van der Waals surface area contributed by atoms with Crippen LogP contribution in [0.1, 0.15) is 44.5 Å². The quantitative estimate of drug-likeness (QED) is 0.0717. The Morgan fingerprint density at radius 2 is 0.530 bits per heavy atom. The number of benzene rings is 4. The number of hydrogen-bond donors (Lipinski definition) is 0. The first-order valence-electron chi connectivity index (χ1n) is 17.5. The lowest BCUT2D eigenvalue weighted by Crippen LogP contribution is -2.75. The van der Waals surface area contributed by atoms with E-state index in [1.807, 2.05) is 23.0 Å². The number of hydrogen-bond acceptors (Lipinski definition) is 1. The molecule has 0 amide bonds. The van der Waals surface area contributed by atoms with E-state index in [2.05, 4.69) is 11.6 Å². The second kappa shape index (κ2) is 17.7. The Hall–Kier alpha value is -5.92. The average molecular weight is 984 g/mol. The first-order valence-corrected chi connectivity index (χ1v) is 17.5. The summed E-state index contributed by atoms with van der Waals surface area (Å²) in [6.45, 7) is 4.46. The Morgan fingerprint density at radius 3 is 0.682 bits per heavy atom. The Labute approximate surface area is 353 Å². The first-order chi connectivity index (χ1) is 29.7. The van der Waals surface area contributed by atoms with Crippen molar-refractivity contribution in [3.05, 3.63) is 155 Å². The van der Waals surface area contributed by atoms with Crippen molar-refractivity contribution in [1.82, 2.24) is 4.98 Å². The predicted molar refractivity (Wildman–Crippen MR) is 185 cm³/mol. The normalized spacial score (nSPS) is 13.6. The van der Waals surface area contributed by atoms with Crippen molar-refractivity contribution in [2.75, 3.05) is 0 Å². The molecule has 0 N–H and O–H groups in total. The highest BCUT2D eigenvalue weighted by Gasteiger charge is 2.47. The minimum absolute atomic E-state index is 0.691. The van der Waals surface area contributed by atoms with E-state index >= 15 is 0 Å². The van der Waals surface area contributed by atoms with Gasteiger partial charge in [0.15, 0.2) is 18.9 Å². The molecule has 0 aliphatic heterocycles. The van der Waals surface area contributed by atoms with Crippen LogP contribution >= 0.6 is 0 Å². The molecule has 27 heteroatoms. The zero-order valence-electron chi connectivity index (χ0n) is 31.8. The molecule has 0 aliphatic rings. The molecule has 66 heavy (non-hydrogen) atoms. The van der Waals surface area contributed by atoms with Gasteiger partial charge in [-0.05, 0) is 30.3 Å². The highest BCUT2D eigenvalue weighted by atomic mass is 19.4. The standard InChI is InChI=1S/C32H12BF24.C7H9N2/c34-25(35,36)13-1-14(26(37,38)39)6-21(5-13)33(22-7-15(27(40,41)42)2-16(8-22)28(43,44)45,23-9-17(29(46,47)48)3-18(10-23)30(49,50)51)24-11-19(31(52,53)54)4-20(12-24)32(55,56)57;1-2-5-9-6-3-8-4-7-9/h1-12H;2-4,6-7H,1,5H2/q-1;+1. The lowest BCUT2D eigenvalue weighted by Gasteiger charge is -2.46. The largest absolute Gasteiger partial charge is 0.416 e. The first kappa shape index (κ1) is 52.7. The third kappa shape index (κ3) is 12.1. The summed E-state index contributed by atoms with van der Waals surface area (Å²) in [7, 11) is 0. The fourth-order valence-electron chi connectivity index (χ4n) is 6.69. The number of alkyl halides is 24. The average Bonchev–Trinajstić information content (AvgIpc) is 3.16. The second-order valence-corrected chi connectivity index (χ2v) is 14.0. The fourth-order valence-corrected chi connectivity index (χ4v) is 6.69. The lowest BCUT2D eigenvalue weighted by atomic mass is 9.12. The maximum absolute atomic E-state index is 14.2. The summed E-state index contributed by atoms with van der Waals surface area (Å²) in [5.41, 5.74) is -30.2. The maximum Gasteiger partial charge on any atom is 0.416 e. The molecule has 0 spiro atoms. The number of allylic oxidation sites excluding steroid dienone is 1. The Bertz CT molecular complexity index is 2090. The van der Waals surface area contributed by atoms with Gasteiger partial charge in [0.05, 0.1) is 56.9 Å². The summed E-state index contributed by atoms with van der Waals surface area (Å²) < 4.78 is 343. The topological polar surface area (TPSA) is 16.8 Å². The highest BCUT2D eigenvalue weighted by molar-refractivity contribution is 7.20. The number of halogens is 24. The van der Waals surface area contributed by atoms with E-state index in [4.69, 9.17) is 0 Å². The van der Waals surface area contributed by atoms with E-state index < -0.39 is 195 Å². The Morgan fingerprint density at radius 1 is 0.348 bits per heavy atom. The molecule has 0 atom stereocenters. The van der Waals surface area contributed by atoms with Gasteiger partial charge in [-0.25, -0.2) is 0 Å². The smallest absolute Gasteiger partial charge is 0.252 e. The van der Waals surface area contributed by atoms with Crippen molar-refractivity contribution in [3.8, 4) is 0 Å². The van der Waals surface area contributed by atoms with Gasteiger partial charge >= 0.3 is 49.4 Å². The third-order valence-corrected chi connectivity index (χ3v) is 9.47. The Balaban J connectivity index is 0.000000942. The third-order valence-electron chi connectivity index (χ3n) is 9.47. The zero-order valence-corrected chi connectivity index (χ0v) is 31.8. The van der Waals surface area contributed by atoms with Gasteiger partial charge in [-0.3, -0.25) is 4.98 Å². The number of rotatable bonds is 6. The van der Waals surface area contributed by atoms with E-state index in [1.165, 1.54) is 0 Å². The molecule has 0 bridgehead atoms. The van der Waals surface area contributed by atoms with Crippen molar-refractivity contribution >= 4 is 28.0 Å². The molecule has 1 aromatic heterocycles. The number of aromatic nitrogens is 2. The van der Waals surface area contributed by atoms with Crippen molar-refractivity contribution in [1.29, 1.82) is 0 Å². The number of nitrogens with zero attached hydrogens (tertiary/aromatic N) is 2. The molecule has 2 nitrogen and oxygen atoms in total. The molecule has 358 valence electrons. The summed E-state index contributed by atoms with van der Waals surface area (Å²) in [4.78, 5) is 3.87. The van der Waals surface area contributed by atoms with Crippen molar-refractivity contribution in [3.63, 3.8) is 0 Å². The molecule has 0 unspecified atom stereocenters. The summed E-state index contributed by atoms with van der Waals surface area (Å²) >= 11 is 0. The van der Waals surface area contributed by atoms with Crippen LogP contribution < -0.4 is 26.4 Å². The van der Waals surface area contributed by atoms with Gasteiger partial charge in [-0.2, -0.15) is 132 Å². The van der Waals surface area contributed by atoms with E-state index in [1.54, 1.807) is 12.4 Å². The molecule has 1 heterocycles. The summed E-state index contributed by atoms with van der Waals surface area (Å²) in [6.07, 6.45) is -45.6. The summed E-state index contributed by atoms with van der Waals surface area (Å²) in [5, 5.41) is 0. The molecule has 0 fully saturated rings. The lowest BCUT2D eigenvalue weighted by molar-refractivity contribution is -0.687. The van der Waals surface area contributed by atoms with Crippen molar-refractivity contribution in [2.45, 2.75) is 56.0 Å². The van der Waals surface area contributed by atoms with Crippen molar-refractivity contribution in [2.24, 2.45) is 0 Å². The van der Waals surface area contributed by atoms with Crippen LogP contribution in [0.15, 0.2) is 110 Å². The van der Waals surface area contributed by atoms with Crippen LogP contribution in [0.5, 0.6) is 0 Å². The maximum atomic E-state index is 14.2. The molecule has 4 aromatic carbocycles. The molecular formula is C39H21BF24N2. The minimum Gasteiger partial charge on any atom is -0.252 e. The SMILES string of the molecule is C=CC[n+]1ccncc1.FC(F)(F)c1cc([B-](c2cc(C(F)(F)F)cc(C(F)(F)F)c2)(c2cc(C(F)(F)F)cc(C(F)(F)F)c2)c2cc(C(F)(F)F)cc(C(F)(F)F)c2)cc(C(F)(F)F)c1. The van der Waals surface area contributed by atoms with Gasteiger partial charge in [-0.15, -0.1) is 0 Å². The summed E-state index contributed by atoms with van der Waals surface area (Å²) in [5.74, 6) is 0. The van der Waals surface area contributed by atoms with Gasteiger partial charge in [-0.1, -0.05) is 55.1 Å². The summed E-state index contributed by atoms with van der Waals surface area (Å²) in [6, 6.07) is -8.81. The van der Waals surface area contributed by atoms with Gasteiger partial charge in [0.25, 0.3) is 0 Å². The van der Waals surface area contributed by atoms with E-state index in [0.29, 0.717) is 0 Å². The van der Waals surface area contributed by atoms with Gasteiger partial charge in [0.2, 0.25) is 0 Å². The van der Waals surface area contributed by atoms with Crippen LogP contribution in [-0.2, 0) is 56.0 Å². The second-order valence-electron chi connectivity index (χ2n) is 14.0. The van der Waals surface area contributed by atoms with E-state index in [0.717, 1.165) is 6.54 Å². The molecule has 0 saturated carbocycles. The predicted octanol–water partition coefficient (Wildman–Crippen LogP) is 11.8. The molecule has 0 radical (unpaired) electrons. The van der Waals surface area contributed by atoms with Crippen LogP contribution in [0.4, 0.5) is 105 Å². The van der Waals surface area contributed by atoms with Crippen LogP contribution in [-0.4, -0.2) is 11.1 Å². The van der Waals surface area contributed by atoms with Crippen LogP contribution in [0, 0.1) is 0 Å². The zero-order chi connectivity index (χ0) is 50.4. The van der Waals surface area contributed by atoms with Crippen molar-refractivity contribution < 1.29 is 110 Å². The highest BCUT2D eigenvalue weighted by Crippen LogP contribution is 2.41. The van der Waals surface area contributed by atoms with Gasteiger partial charge in [0, 0.05) is 0 Å². The van der Waals surface area contributed by atoms with Crippen LogP contribution in [0.3, 0.4) is 0 Å². The molecule has 5 rings (SSSR count). The van der Waals surface area contributed by atoms with E-state index in [9.17, 15) is 105 Å². The van der Waals surface area contributed by atoms with Crippen LogP contribution in [0.2, 0.25) is 0 Å². The fraction of sp³-hybridized carbons (Fsp3) is 0.231.